The number of hydrogen-bond acceptors (Lipinski definition) is 4. The molecule has 2 amide bonds. The average Bonchev–Trinajstić information content (AvgIpc) is 2.68. The maximum Gasteiger partial charge on any atom is 0.243 e. The largest absolute Gasteiger partial charge is 0.398 e. The van der Waals surface area contributed by atoms with Crippen molar-refractivity contribution in [3.8, 4) is 0 Å². The number of anilines is 1. The molecule has 2 unspecified atom stereocenters. The first-order chi connectivity index (χ1) is 9.43. The molecule has 0 saturated carbocycles. The molecule has 1 aliphatic rings. The van der Waals surface area contributed by atoms with Crippen molar-refractivity contribution in [3.63, 3.8) is 0 Å². The Kier molecular flexibility index (Phi) is 4.32. The standard InChI is InChI=1S/C14H17FN2O2S/c1-3-8(2)17-13(18)7-12(14(17)19)20-11-6-9(15)4-5-10(11)16/h4-6,8,12H,3,7,16H2,1-2H3. The van der Waals surface area contributed by atoms with Gasteiger partial charge in [-0.2, -0.15) is 0 Å². The number of carbonyl (C=O) groups is 2. The van der Waals surface area contributed by atoms with E-state index in [1.807, 2.05) is 13.8 Å². The fourth-order valence-electron chi connectivity index (χ4n) is 2.12. The van der Waals surface area contributed by atoms with Gasteiger partial charge in [-0.25, -0.2) is 4.39 Å². The third-order valence-electron chi connectivity index (χ3n) is 3.42. The highest BCUT2D eigenvalue weighted by Crippen LogP contribution is 2.35. The Labute approximate surface area is 121 Å². The number of benzene rings is 1. The molecular formula is C14H17FN2O2S. The van der Waals surface area contributed by atoms with Gasteiger partial charge in [0.05, 0.1) is 5.25 Å². The molecule has 0 bridgehead atoms. The van der Waals surface area contributed by atoms with E-state index in [4.69, 9.17) is 5.73 Å². The maximum atomic E-state index is 13.2. The van der Waals surface area contributed by atoms with Crippen LogP contribution in [0.2, 0.25) is 0 Å². The number of imide groups is 1. The summed E-state index contributed by atoms with van der Waals surface area (Å²) in [5.74, 6) is -0.785. The predicted molar refractivity (Wildman–Crippen MR) is 76.7 cm³/mol. The molecule has 0 aromatic heterocycles. The quantitative estimate of drug-likeness (QED) is 0.684. The second-order valence-corrected chi connectivity index (χ2v) is 6.10. The summed E-state index contributed by atoms with van der Waals surface area (Å²) in [6, 6.07) is 3.92. The number of halogens is 1. The first kappa shape index (κ1) is 14.8. The Morgan fingerprint density at radius 2 is 2.20 bits per heavy atom. The van der Waals surface area contributed by atoms with E-state index in [1.165, 1.54) is 23.1 Å². The van der Waals surface area contributed by atoms with E-state index in [-0.39, 0.29) is 24.3 Å². The van der Waals surface area contributed by atoms with Gasteiger partial charge in [0.25, 0.3) is 0 Å². The second-order valence-electron chi connectivity index (χ2n) is 4.85. The van der Waals surface area contributed by atoms with Crippen LogP contribution >= 0.6 is 11.8 Å². The number of nitrogens with zero attached hydrogens (tertiary/aromatic N) is 1. The Balaban J connectivity index is 2.17. The summed E-state index contributed by atoms with van der Waals surface area (Å²) in [5.41, 5.74) is 6.19. The Morgan fingerprint density at radius 3 is 2.85 bits per heavy atom. The molecule has 2 N–H and O–H groups in total. The molecule has 0 radical (unpaired) electrons. The van der Waals surface area contributed by atoms with Crippen molar-refractivity contribution in [1.82, 2.24) is 4.90 Å². The molecule has 4 nitrogen and oxygen atoms in total. The monoisotopic (exact) mass is 296 g/mol. The lowest BCUT2D eigenvalue weighted by atomic mass is 10.2. The molecule has 1 aliphatic heterocycles. The minimum absolute atomic E-state index is 0.106. The molecule has 1 aromatic rings. The minimum atomic E-state index is -0.513. The molecule has 0 spiro atoms. The van der Waals surface area contributed by atoms with Crippen LogP contribution in [0.4, 0.5) is 10.1 Å². The van der Waals surface area contributed by atoms with Gasteiger partial charge in [-0.1, -0.05) is 6.92 Å². The molecule has 0 aliphatic carbocycles. The minimum Gasteiger partial charge on any atom is -0.398 e. The van der Waals surface area contributed by atoms with Crippen LogP contribution in [-0.4, -0.2) is 28.0 Å². The van der Waals surface area contributed by atoms with Crippen LogP contribution < -0.4 is 5.73 Å². The smallest absolute Gasteiger partial charge is 0.243 e. The van der Waals surface area contributed by atoms with Gasteiger partial charge < -0.3 is 5.73 Å². The van der Waals surface area contributed by atoms with Gasteiger partial charge in [-0.15, -0.1) is 11.8 Å². The number of likely N-dealkylation sites (tertiary alicyclic amines) is 1. The highest BCUT2D eigenvalue weighted by molar-refractivity contribution is 8.00. The summed E-state index contributed by atoms with van der Waals surface area (Å²) < 4.78 is 13.2. The highest BCUT2D eigenvalue weighted by atomic mass is 32.2. The Morgan fingerprint density at radius 1 is 1.50 bits per heavy atom. The van der Waals surface area contributed by atoms with E-state index in [0.717, 1.165) is 18.2 Å². The van der Waals surface area contributed by atoms with E-state index in [2.05, 4.69) is 0 Å². The van der Waals surface area contributed by atoms with Crippen molar-refractivity contribution in [1.29, 1.82) is 0 Å². The van der Waals surface area contributed by atoms with Gasteiger partial charge in [0.1, 0.15) is 5.82 Å². The van der Waals surface area contributed by atoms with E-state index in [1.54, 1.807) is 0 Å². The topological polar surface area (TPSA) is 63.4 Å². The summed E-state index contributed by atoms with van der Waals surface area (Å²) in [6.45, 7) is 3.77. The Bertz CT molecular complexity index is 550. The van der Waals surface area contributed by atoms with Crippen LogP contribution in [0.3, 0.4) is 0 Å². The van der Waals surface area contributed by atoms with Crippen molar-refractivity contribution in [2.24, 2.45) is 0 Å². The molecule has 108 valence electrons. The highest BCUT2D eigenvalue weighted by Gasteiger charge is 2.41. The number of nitrogens with two attached hydrogens (primary N) is 1. The van der Waals surface area contributed by atoms with Crippen LogP contribution in [0, 0.1) is 5.82 Å². The van der Waals surface area contributed by atoms with Gasteiger partial charge in [-0.3, -0.25) is 14.5 Å². The number of rotatable bonds is 4. The molecule has 20 heavy (non-hydrogen) atoms. The zero-order valence-corrected chi connectivity index (χ0v) is 12.2. The van der Waals surface area contributed by atoms with E-state index >= 15 is 0 Å². The van der Waals surface area contributed by atoms with Crippen LogP contribution in [-0.2, 0) is 9.59 Å². The summed E-state index contributed by atoms with van der Waals surface area (Å²) in [4.78, 5) is 26.0. The summed E-state index contributed by atoms with van der Waals surface area (Å²) >= 11 is 1.16. The van der Waals surface area contributed by atoms with E-state index in [0.29, 0.717) is 10.6 Å². The molecule has 1 saturated heterocycles. The molecule has 1 fully saturated rings. The van der Waals surface area contributed by atoms with Crippen molar-refractivity contribution in [3.05, 3.63) is 24.0 Å². The van der Waals surface area contributed by atoms with Crippen LogP contribution in [0.5, 0.6) is 0 Å². The van der Waals surface area contributed by atoms with Crippen LogP contribution in [0.25, 0.3) is 0 Å². The molecule has 1 heterocycles. The average molecular weight is 296 g/mol. The zero-order valence-electron chi connectivity index (χ0n) is 11.4. The predicted octanol–water partition coefficient (Wildman–Crippen LogP) is 2.43. The SMILES string of the molecule is CCC(C)N1C(=O)CC(Sc2cc(F)ccc2N)C1=O. The number of carbonyl (C=O) groups excluding carboxylic acids is 2. The molecule has 6 heteroatoms. The van der Waals surface area contributed by atoms with Crippen molar-refractivity contribution < 1.29 is 14.0 Å². The fraction of sp³-hybridized carbons (Fsp3) is 0.429. The third-order valence-corrected chi connectivity index (χ3v) is 4.68. The lowest BCUT2D eigenvalue weighted by Gasteiger charge is -2.21. The van der Waals surface area contributed by atoms with Crippen molar-refractivity contribution >= 4 is 29.3 Å². The summed E-state index contributed by atoms with van der Waals surface area (Å²) in [6.07, 6.45) is 0.862. The maximum absolute atomic E-state index is 13.2. The van der Waals surface area contributed by atoms with E-state index < -0.39 is 11.1 Å². The van der Waals surface area contributed by atoms with Crippen molar-refractivity contribution in [2.75, 3.05) is 5.73 Å². The lowest BCUT2D eigenvalue weighted by Crippen LogP contribution is -2.38. The molecule has 2 rings (SSSR count). The fourth-order valence-corrected chi connectivity index (χ4v) is 3.26. The normalized spacial score (nSPS) is 20.6. The molecule has 1 aromatic carbocycles. The number of hydrogen-bond donors (Lipinski definition) is 1. The number of amides is 2. The molecular weight excluding hydrogens is 279 g/mol. The summed E-state index contributed by atoms with van der Waals surface area (Å²) in [5, 5.41) is -0.513. The Hall–Kier alpha value is -1.56. The zero-order chi connectivity index (χ0) is 14.9. The summed E-state index contributed by atoms with van der Waals surface area (Å²) in [7, 11) is 0. The first-order valence-electron chi connectivity index (χ1n) is 6.51. The first-order valence-corrected chi connectivity index (χ1v) is 7.39. The lowest BCUT2D eigenvalue weighted by molar-refractivity contribution is -0.140. The van der Waals surface area contributed by atoms with Gasteiger partial charge in [0, 0.05) is 23.0 Å². The van der Waals surface area contributed by atoms with Crippen LogP contribution in [0.1, 0.15) is 26.7 Å². The van der Waals surface area contributed by atoms with Crippen LogP contribution in [0.15, 0.2) is 23.1 Å². The second kappa shape index (κ2) is 5.83. The van der Waals surface area contributed by atoms with Gasteiger partial charge >= 0.3 is 0 Å². The van der Waals surface area contributed by atoms with E-state index in [9.17, 15) is 14.0 Å². The number of thioether (sulfide) groups is 1. The third kappa shape index (κ3) is 2.80. The number of nitrogen functional groups attached to an aromatic ring is 1. The van der Waals surface area contributed by atoms with Gasteiger partial charge in [0.15, 0.2) is 0 Å². The van der Waals surface area contributed by atoms with Gasteiger partial charge in [-0.05, 0) is 31.5 Å². The molecule has 2 atom stereocenters. The van der Waals surface area contributed by atoms with Gasteiger partial charge in [0.2, 0.25) is 11.8 Å². The van der Waals surface area contributed by atoms with Crippen molar-refractivity contribution in [2.45, 2.75) is 42.9 Å².